The first-order valence-corrected chi connectivity index (χ1v) is 6.25. The Balaban J connectivity index is 3.02. The van der Waals surface area contributed by atoms with Crippen LogP contribution in [0.25, 0.3) is 0 Å². The summed E-state index contributed by atoms with van der Waals surface area (Å²) in [6.45, 7) is 0. The smallest absolute Gasteiger partial charge is 0.230 e. The highest BCUT2D eigenvalue weighted by Gasteiger charge is 1.90. The van der Waals surface area contributed by atoms with Crippen molar-refractivity contribution in [3.63, 3.8) is 0 Å². The number of hydrogen-bond donors (Lipinski definition) is 0. The van der Waals surface area contributed by atoms with E-state index in [-0.39, 0.29) is 0 Å². The number of hydrogen-bond acceptors (Lipinski definition) is 2. The topological polar surface area (TPSA) is 43.1 Å². The van der Waals surface area contributed by atoms with Gasteiger partial charge >= 0.3 is 0 Å². The summed E-state index contributed by atoms with van der Waals surface area (Å²) in [7, 11) is 0. The van der Waals surface area contributed by atoms with Crippen LogP contribution >= 0.6 is 15.9 Å². The van der Waals surface area contributed by atoms with Crippen molar-refractivity contribution in [1.82, 2.24) is 0 Å². The fourth-order valence-electron chi connectivity index (χ4n) is 1.22. The van der Waals surface area contributed by atoms with Crippen molar-refractivity contribution in [3.8, 4) is 0 Å². The van der Waals surface area contributed by atoms with E-state index in [0.29, 0.717) is 0 Å². The summed E-state index contributed by atoms with van der Waals surface area (Å²) in [5.41, 5.74) is 0. The minimum Gasteiger partial charge on any atom is -0.259 e. The molecule has 3 nitrogen and oxygen atoms in total. The lowest BCUT2D eigenvalue weighted by Gasteiger charge is -1.97. The number of alkyl halides is 1. The molecule has 0 aliphatic rings. The predicted octanol–water partition coefficient (Wildman–Crippen LogP) is 3.90. The summed E-state index contributed by atoms with van der Waals surface area (Å²) in [5.74, 6) is 0. The van der Waals surface area contributed by atoms with E-state index >= 15 is 0 Å². The lowest BCUT2D eigenvalue weighted by molar-refractivity contribution is -0.402. The molecule has 0 rings (SSSR count). The van der Waals surface area contributed by atoms with Gasteiger partial charge in [0.05, 0.1) is 4.92 Å². The Labute approximate surface area is 93.9 Å². The zero-order valence-corrected chi connectivity index (χ0v) is 10.0. The normalized spacial score (nSPS) is 10.9. The molecule has 0 saturated carbocycles. The molecule has 0 aromatic heterocycles. The second kappa shape index (κ2) is 10.7. The van der Waals surface area contributed by atoms with Crippen molar-refractivity contribution in [3.05, 3.63) is 22.4 Å². The maximum atomic E-state index is 9.92. The van der Waals surface area contributed by atoms with Crippen molar-refractivity contribution >= 4 is 15.9 Å². The predicted molar refractivity (Wildman–Crippen MR) is 62.2 cm³/mol. The molecule has 0 saturated heterocycles. The Hall–Kier alpha value is -0.380. The summed E-state index contributed by atoms with van der Waals surface area (Å²) in [6.07, 6.45) is 10.8. The van der Waals surface area contributed by atoms with Crippen molar-refractivity contribution in [1.29, 1.82) is 0 Å². The highest BCUT2D eigenvalue weighted by atomic mass is 79.9. The zero-order valence-electron chi connectivity index (χ0n) is 8.45. The lowest BCUT2D eigenvalue weighted by atomic mass is 10.1. The molecule has 0 aromatic carbocycles. The van der Waals surface area contributed by atoms with Crippen LogP contribution in [0.3, 0.4) is 0 Å². The van der Waals surface area contributed by atoms with E-state index in [9.17, 15) is 10.1 Å². The number of allylic oxidation sites excluding steroid dienone is 1. The quantitative estimate of drug-likeness (QED) is 0.274. The molecular formula is C10H18BrNO2. The SMILES string of the molecule is O=[N+]([O-])/C=C/CCCCCCCCBr. The zero-order chi connectivity index (χ0) is 10.6. The van der Waals surface area contributed by atoms with Gasteiger partial charge in [-0.1, -0.05) is 41.6 Å². The van der Waals surface area contributed by atoms with E-state index in [0.717, 1.165) is 24.4 Å². The Morgan fingerprint density at radius 2 is 1.64 bits per heavy atom. The van der Waals surface area contributed by atoms with Gasteiger partial charge in [-0.15, -0.1) is 0 Å². The van der Waals surface area contributed by atoms with E-state index < -0.39 is 4.92 Å². The van der Waals surface area contributed by atoms with Gasteiger partial charge < -0.3 is 0 Å². The molecule has 0 radical (unpaired) electrons. The van der Waals surface area contributed by atoms with Gasteiger partial charge in [-0.2, -0.15) is 0 Å². The third-order valence-electron chi connectivity index (χ3n) is 1.98. The van der Waals surface area contributed by atoms with Crippen LogP contribution in [0.15, 0.2) is 12.3 Å². The van der Waals surface area contributed by atoms with Crippen LogP contribution < -0.4 is 0 Å². The molecule has 0 aliphatic heterocycles. The molecule has 0 aromatic rings. The van der Waals surface area contributed by atoms with Crippen molar-refractivity contribution in [2.24, 2.45) is 0 Å². The van der Waals surface area contributed by atoms with Crippen LogP contribution in [0.2, 0.25) is 0 Å². The number of unbranched alkanes of at least 4 members (excludes halogenated alkanes) is 6. The van der Waals surface area contributed by atoms with Gasteiger partial charge in [-0.05, 0) is 25.3 Å². The number of nitro groups is 1. The fraction of sp³-hybridized carbons (Fsp3) is 0.800. The molecular weight excluding hydrogens is 246 g/mol. The Morgan fingerprint density at radius 1 is 1.07 bits per heavy atom. The standard InChI is InChI=1S/C10H18BrNO2/c11-9-7-5-3-1-2-4-6-8-10-12(13)14/h8,10H,1-7,9H2/b10-8+. The molecule has 0 amide bonds. The van der Waals surface area contributed by atoms with Gasteiger partial charge in [0.1, 0.15) is 0 Å². The van der Waals surface area contributed by atoms with Crippen LogP contribution in [0.1, 0.15) is 44.9 Å². The first-order chi connectivity index (χ1) is 6.77. The molecule has 0 unspecified atom stereocenters. The molecule has 82 valence electrons. The highest BCUT2D eigenvalue weighted by Crippen LogP contribution is 2.08. The summed E-state index contributed by atoms with van der Waals surface area (Å²) in [5, 5.41) is 11.0. The Bertz CT molecular complexity index is 172. The largest absolute Gasteiger partial charge is 0.259 e. The monoisotopic (exact) mass is 263 g/mol. The second-order valence-corrected chi connectivity index (χ2v) is 4.06. The molecule has 14 heavy (non-hydrogen) atoms. The summed E-state index contributed by atoms with van der Waals surface area (Å²) in [4.78, 5) is 9.51. The highest BCUT2D eigenvalue weighted by molar-refractivity contribution is 9.09. The van der Waals surface area contributed by atoms with Gasteiger partial charge in [0.25, 0.3) is 0 Å². The molecule has 0 bridgehead atoms. The van der Waals surface area contributed by atoms with Gasteiger partial charge in [0.15, 0.2) is 0 Å². The maximum Gasteiger partial charge on any atom is 0.230 e. The second-order valence-electron chi connectivity index (χ2n) is 3.27. The van der Waals surface area contributed by atoms with E-state index in [1.165, 1.54) is 32.1 Å². The van der Waals surface area contributed by atoms with Crippen LogP contribution in [0, 0.1) is 10.1 Å². The lowest BCUT2D eigenvalue weighted by Crippen LogP contribution is -1.83. The van der Waals surface area contributed by atoms with Crippen LogP contribution in [-0.4, -0.2) is 10.3 Å². The minimum absolute atomic E-state index is 0.407. The summed E-state index contributed by atoms with van der Waals surface area (Å²) >= 11 is 3.39. The van der Waals surface area contributed by atoms with Crippen LogP contribution in [0.5, 0.6) is 0 Å². The number of halogens is 1. The van der Waals surface area contributed by atoms with E-state index in [1.54, 1.807) is 6.08 Å². The van der Waals surface area contributed by atoms with E-state index in [2.05, 4.69) is 15.9 Å². The van der Waals surface area contributed by atoms with Gasteiger partial charge in [-0.25, -0.2) is 0 Å². The van der Waals surface area contributed by atoms with Crippen molar-refractivity contribution in [2.45, 2.75) is 44.9 Å². The average Bonchev–Trinajstić information content (AvgIpc) is 2.15. The van der Waals surface area contributed by atoms with E-state index in [4.69, 9.17) is 0 Å². The molecule has 0 aliphatic carbocycles. The van der Waals surface area contributed by atoms with Gasteiger partial charge in [0.2, 0.25) is 6.20 Å². The van der Waals surface area contributed by atoms with Crippen molar-refractivity contribution < 1.29 is 4.92 Å². The molecule has 0 fully saturated rings. The number of nitrogens with zero attached hydrogens (tertiary/aromatic N) is 1. The maximum absolute atomic E-state index is 9.92. The van der Waals surface area contributed by atoms with E-state index in [1.807, 2.05) is 0 Å². The average molecular weight is 264 g/mol. The first-order valence-electron chi connectivity index (χ1n) is 5.13. The fourth-order valence-corrected chi connectivity index (χ4v) is 1.62. The van der Waals surface area contributed by atoms with Crippen LogP contribution in [-0.2, 0) is 0 Å². The Kier molecular flexibility index (Phi) is 10.4. The molecule has 0 N–H and O–H groups in total. The first kappa shape index (κ1) is 13.6. The van der Waals surface area contributed by atoms with Crippen LogP contribution in [0.4, 0.5) is 0 Å². The third kappa shape index (κ3) is 11.6. The minimum atomic E-state index is -0.407. The Morgan fingerprint density at radius 3 is 2.21 bits per heavy atom. The van der Waals surface area contributed by atoms with Gasteiger partial charge in [0, 0.05) is 5.33 Å². The molecule has 0 spiro atoms. The molecule has 0 heterocycles. The van der Waals surface area contributed by atoms with Crippen molar-refractivity contribution in [2.75, 3.05) is 5.33 Å². The summed E-state index contributed by atoms with van der Waals surface area (Å²) < 4.78 is 0. The summed E-state index contributed by atoms with van der Waals surface area (Å²) in [6, 6.07) is 0. The number of rotatable bonds is 9. The molecule has 0 atom stereocenters. The van der Waals surface area contributed by atoms with Gasteiger partial charge in [-0.3, -0.25) is 10.1 Å². The third-order valence-corrected chi connectivity index (χ3v) is 2.54. The molecule has 4 heteroatoms.